The second-order valence-electron chi connectivity index (χ2n) is 4.90. The summed E-state index contributed by atoms with van der Waals surface area (Å²) < 4.78 is 38.5. The van der Waals surface area contributed by atoms with Crippen molar-refractivity contribution in [3.05, 3.63) is 35.4 Å². The van der Waals surface area contributed by atoms with Crippen LogP contribution in [0.5, 0.6) is 5.75 Å². The molecule has 1 aromatic rings. The largest absolute Gasteiger partial charge is 0.435 e. The molecule has 25 heavy (non-hydrogen) atoms. The number of hydrogen-bond acceptors (Lipinski definition) is 5. The minimum absolute atomic E-state index is 0.00111. The number of amides is 1. The number of carbonyl (C=O) groups excluding carboxylic acids is 1. The first-order valence-electron chi connectivity index (χ1n) is 7.45. The van der Waals surface area contributed by atoms with Crippen molar-refractivity contribution in [1.29, 1.82) is 5.26 Å². The number of halogens is 2. The van der Waals surface area contributed by atoms with Crippen molar-refractivity contribution < 1.29 is 27.8 Å². The van der Waals surface area contributed by atoms with Gasteiger partial charge in [-0.3, -0.25) is 4.79 Å². The molecule has 8 heteroatoms. The molecule has 136 valence electrons. The zero-order valence-electron chi connectivity index (χ0n) is 14.1. The van der Waals surface area contributed by atoms with Crippen LogP contribution in [0.3, 0.4) is 0 Å². The van der Waals surface area contributed by atoms with E-state index in [0.29, 0.717) is 31.9 Å². The van der Waals surface area contributed by atoms with Crippen LogP contribution in [0.15, 0.2) is 29.8 Å². The lowest BCUT2D eigenvalue weighted by Gasteiger charge is -2.21. The van der Waals surface area contributed by atoms with Crippen molar-refractivity contribution in [2.24, 2.45) is 0 Å². The fraction of sp³-hybridized carbons (Fsp3) is 0.412. The minimum atomic E-state index is -2.91. The van der Waals surface area contributed by atoms with Crippen LogP contribution < -0.4 is 4.74 Å². The molecule has 0 radical (unpaired) electrons. The third-order valence-electron chi connectivity index (χ3n) is 3.19. The SMILES string of the molecule is COCCN(CCOC)C(=O)/C(C#N)=C/c1ccc(OC(F)F)cc1. The van der Waals surface area contributed by atoms with Gasteiger partial charge in [-0.1, -0.05) is 12.1 Å². The molecule has 1 amide bonds. The Morgan fingerprint density at radius 3 is 2.20 bits per heavy atom. The van der Waals surface area contributed by atoms with E-state index >= 15 is 0 Å². The molecule has 1 rings (SSSR count). The molecule has 0 fully saturated rings. The van der Waals surface area contributed by atoms with Gasteiger partial charge in [0.15, 0.2) is 0 Å². The molecule has 0 aromatic heterocycles. The van der Waals surface area contributed by atoms with Gasteiger partial charge < -0.3 is 19.1 Å². The number of methoxy groups -OCH3 is 2. The van der Waals surface area contributed by atoms with Crippen molar-refractivity contribution in [1.82, 2.24) is 4.90 Å². The maximum atomic E-state index is 12.5. The molecule has 0 aliphatic carbocycles. The second kappa shape index (κ2) is 11.1. The number of ether oxygens (including phenoxy) is 3. The number of nitrogens with zero attached hydrogens (tertiary/aromatic N) is 2. The molecular weight excluding hydrogens is 334 g/mol. The molecule has 0 saturated heterocycles. The Hall–Kier alpha value is -2.50. The molecule has 0 aliphatic heterocycles. The fourth-order valence-electron chi connectivity index (χ4n) is 1.94. The van der Waals surface area contributed by atoms with Gasteiger partial charge in [-0.15, -0.1) is 0 Å². The number of benzene rings is 1. The van der Waals surface area contributed by atoms with E-state index < -0.39 is 12.5 Å². The number of nitriles is 1. The Kier molecular flexibility index (Phi) is 9.14. The monoisotopic (exact) mass is 354 g/mol. The van der Waals surface area contributed by atoms with Crippen LogP contribution in [0.4, 0.5) is 8.78 Å². The lowest BCUT2D eigenvalue weighted by Crippen LogP contribution is -2.37. The van der Waals surface area contributed by atoms with Crippen LogP contribution >= 0.6 is 0 Å². The zero-order valence-corrected chi connectivity index (χ0v) is 14.1. The Labute approximate surface area is 145 Å². The number of hydrogen-bond donors (Lipinski definition) is 0. The van der Waals surface area contributed by atoms with Gasteiger partial charge in [-0.2, -0.15) is 14.0 Å². The van der Waals surface area contributed by atoms with Crippen LogP contribution in [0.25, 0.3) is 6.08 Å². The molecule has 1 aromatic carbocycles. The van der Waals surface area contributed by atoms with Crippen LogP contribution in [-0.2, 0) is 14.3 Å². The van der Waals surface area contributed by atoms with Crippen molar-refractivity contribution >= 4 is 12.0 Å². The predicted octanol–water partition coefficient (Wildman–Crippen LogP) is 2.32. The fourth-order valence-corrected chi connectivity index (χ4v) is 1.94. The standard InChI is InChI=1S/C17H20F2N2O4/c1-23-9-7-21(8-10-24-2)16(22)14(12-20)11-13-3-5-15(6-4-13)25-17(18)19/h3-6,11,17H,7-10H2,1-2H3/b14-11+. The molecule has 0 N–H and O–H groups in total. The number of alkyl halides is 2. The Bertz CT molecular complexity index is 604. The maximum absolute atomic E-state index is 12.5. The average molecular weight is 354 g/mol. The van der Waals surface area contributed by atoms with Gasteiger partial charge in [0.2, 0.25) is 0 Å². The highest BCUT2D eigenvalue weighted by atomic mass is 19.3. The third kappa shape index (κ3) is 7.28. The Morgan fingerprint density at radius 2 is 1.76 bits per heavy atom. The summed E-state index contributed by atoms with van der Waals surface area (Å²) >= 11 is 0. The van der Waals surface area contributed by atoms with Crippen molar-refractivity contribution in [3.8, 4) is 11.8 Å². The van der Waals surface area contributed by atoms with Crippen LogP contribution in [0.2, 0.25) is 0 Å². The van der Waals surface area contributed by atoms with E-state index in [2.05, 4.69) is 4.74 Å². The summed E-state index contributed by atoms with van der Waals surface area (Å²) in [5.74, 6) is -0.455. The molecule has 0 unspecified atom stereocenters. The summed E-state index contributed by atoms with van der Waals surface area (Å²) in [5, 5.41) is 9.28. The highest BCUT2D eigenvalue weighted by Gasteiger charge is 2.18. The number of rotatable bonds is 10. The van der Waals surface area contributed by atoms with E-state index in [4.69, 9.17) is 9.47 Å². The second-order valence-corrected chi connectivity index (χ2v) is 4.90. The van der Waals surface area contributed by atoms with E-state index in [0.717, 1.165) is 0 Å². The normalized spacial score (nSPS) is 11.3. The first-order valence-corrected chi connectivity index (χ1v) is 7.45. The van der Waals surface area contributed by atoms with E-state index in [-0.39, 0.29) is 11.3 Å². The Morgan fingerprint density at radius 1 is 1.20 bits per heavy atom. The van der Waals surface area contributed by atoms with Crippen LogP contribution in [-0.4, -0.2) is 57.9 Å². The minimum Gasteiger partial charge on any atom is -0.435 e. The molecule has 0 aliphatic rings. The lowest BCUT2D eigenvalue weighted by molar-refractivity contribution is -0.127. The molecule has 0 bridgehead atoms. The van der Waals surface area contributed by atoms with Gasteiger partial charge in [0.05, 0.1) is 13.2 Å². The molecule has 0 heterocycles. The topological polar surface area (TPSA) is 71.8 Å². The molecule has 0 saturated carbocycles. The van der Waals surface area contributed by atoms with Gasteiger partial charge in [0.1, 0.15) is 17.4 Å². The molecule has 6 nitrogen and oxygen atoms in total. The summed E-state index contributed by atoms with van der Waals surface area (Å²) in [5.41, 5.74) is 0.444. The Balaban J connectivity index is 2.91. The average Bonchev–Trinajstić information content (AvgIpc) is 2.60. The van der Waals surface area contributed by atoms with Crippen molar-refractivity contribution in [2.45, 2.75) is 6.61 Å². The maximum Gasteiger partial charge on any atom is 0.387 e. The predicted molar refractivity (Wildman–Crippen MR) is 87.0 cm³/mol. The van der Waals surface area contributed by atoms with E-state index in [9.17, 15) is 18.8 Å². The van der Waals surface area contributed by atoms with Gasteiger partial charge in [-0.25, -0.2) is 0 Å². The zero-order chi connectivity index (χ0) is 18.7. The lowest BCUT2D eigenvalue weighted by atomic mass is 10.1. The summed E-state index contributed by atoms with van der Waals surface area (Å²) in [7, 11) is 3.03. The first-order chi connectivity index (χ1) is 12.0. The highest BCUT2D eigenvalue weighted by molar-refractivity contribution is 6.01. The van der Waals surface area contributed by atoms with Crippen LogP contribution in [0.1, 0.15) is 5.56 Å². The van der Waals surface area contributed by atoms with E-state index in [1.165, 1.54) is 49.5 Å². The van der Waals surface area contributed by atoms with E-state index in [1.807, 2.05) is 6.07 Å². The molecule has 0 spiro atoms. The molecule has 0 atom stereocenters. The van der Waals surface area contributed by atoms with Crippen molar-refractivity contribution in [2.75, 3.05) is 40.5 Å². The number of carbonyl (C=O) groups is 1. The summed E-state index contributed by atoms with van der Waals surface area (Å²) in [6.45, 7) is -1.62. The van der Waals surface area contributed by atoms with Crippen LogP contribution in [0, 0.1) is 11.3 Å². The van der Waals surface area contributed by atoms with Gasteiger partial charge in [-0.05, 0) is 23.8 Å². The quantitative estimate of drug-likeness (QED) is 0.476. The summed E-state index contributed by atoms with van der Waals surface area (Å²) in [6, 6.07) is 7.51. The summed E-state index contributed by atoms with van der Waals surface area (Å²) in [6.07, 6.45) is 1.39. The highest BCUT2D eigenvalue weighted by Crippen LogP contribution is 2.17. The third-order valence-corrected chi connectivity index (χ3v) is 3.19. The van der Waals surface area contributed by atoms with Gasteiger partial charge in [0.25, 0.3) is 5.91 Å². The van der Waals surface area contributed by atoms with Crippen molar-refractivity contribution in [3.63, 3.8) is 0 Å². The smallest absolute Gasteiger partial charge is 0.387 e. The van der Waals surface area contributed by atoms with E-state index in [1.54, 1.807) is 0 Å². The van der Waals surface area contributed by atoms with Gasteiger partial charge in [0, 0.05) is 27.3 Å². The molecular formula is C17H20F2N2O4. The first kappa shape index (κ1) is 20.5. The summed E-state index contributed by atoms with van der Waals surface area (Å²) in [4.78, 5) is 14.0. The van der Waals surface area contributed by atoms with Gasteiger partial charge >= 0.3 is 6.61 Å².